The van der Waals surface area contributed by atoms with Crippen LogP contribution in [0.25, 0.3) is 0 Å². The Morgan fingerprint density at radius 3 is 2.50 bits per heavy atom. The number of amides is 1. The van der Waals surface area contributed by atoms with Gasteiger partial charge in [0.15, 0.2) is 11.5 Å². The SMILES string of the molecule is COc1ccc(C(=O)N(Cc2cccnc2)Cc2ccc(OC)c(OC[C@H]3CCOC3)c2)c(OC)c1. The maximum Gasteiger partial charge on any atom is 0.258 e. The average molecular weight is 493 g/mol. The molecule has 1 aromatic heterocycles. The van der Waals surface area contributed by atoms with E-state index in [9.17, 15) is 4.79 Å². The van der Waals surface area contributed by atoms with Gasteiger partial charge in [0.1, 0.15) is 11.5 Å². The molecule has 3 aromatic rings. The molecular formula is C28H32N2O6. The molecule has 0 aliphatic carbocycles. The second-order valence-corrected chi connectivity index (χ2v) is 8.61. The first-order valence-electron chi connectivity index (χ1n) is 11.9. The number of pyridine rings is 1. The van der Waals surface area contributed by atoms with Crippen molar-refractivity contribution in [3.05, 3.63) is 77.6 Å². The van der Waals surface area contributed by atoms with Gasteiger partial charge in [-0.2, -0.15) is 0 Å². The zero-order valence-corrected chi connectivity index (χ0v) is 20.9. The summed E-state index contributed by atoms with van der Waals surface area (Å²) in [5.74, 6) is 2.57. The third-order valence-corrected chi connectivity index (χ3v) is 6.12. The van der Waals surface area contributed by atoms with Crippen molar-refractivity contribution < 1.29 is 28.5 Å². The van der Waals surface area contributed by atoms with E-state index >= 15 is 0 Å². The Morgan fingerprint density at radius 1 is 0.972 bits per heavy atom. The lowest BCUT2D eigenvalue weighted by molar-refractivity contribution is 0.0726. The number of carbonyl (C=O) groups is 1. The van der Waals surface area contributed by atoms with Gasteiger partial charge in [0.25, 0.3) is 5.91 Å². The van der Waals surface area contributed by atoms with Crippen LogP contribution in [-0.2, 0) is 17.8 Å². The van der Waals surface area contributed by atoms with Gasteiger partial charge >= 0.3 is 0 Å². The fourth-order valence-electron chi connectivity index (χ4n) is 4.13. The lowest BCUT2D eigenvalue weighted by Crippen LogP contribution is -2.30. The van der Waals surface area contributed by atoms with Gasteiger partial charge in [-0.1, -0.05) is 12.1 Å². The molecular weight excluding hydrogens is 460 g/mol. The Morgan fingerprint density at radius 2 is 1.81 bits per heavy atom. The van der Waals surface area contributed by atoms with Crippen molar-refractivity contribution in [2.24, 2.45) is 5.92 Å². The summed E-state index contributed by atoms with van der Waals surface area (Å²) in [5.41, 5.74) is 2.29. The first-order chi connectivity index (χ1) is 17.6. The van der Waals surface area contributed by atoms with Gasteiger partial charge in [-0.25, -0.2) is 0 Å². The van der Waals surface area contributed by atoms with Gasteiger partial charge in [0.05, 0.1) is 40.1 Å². The van der Waals surface area contributed by atoms with E-state index in [-0.39, 0.29) is 5.91 Å². The van der Waals surface area contributed by atoms with Crippen LogP contribution >= 0.6 is 0 Å². The van der Waals surface area contributed by atoms with E-state index in [0.29, 0.717) is 60.8 Å². The summed E-state index contributed by atoms with van der Waals surface area (Å²) >= 11 is 0. The molecule has 1 atom stereocenters. The molecule has 8 nitrogen and oxygen atoms in total. The number of carbonyl (C=O) groups excluding carboxylic acids is 1. The van der Waals surface area contributed by atoms with Gasteiger partial charge in [-0.15, -0.1) is 0 Å². The van der Waals surface area contributed by atoms with Crippen molar-refractivity contribution in [3.63, 3.8) is 0 Å². The molecule has 0 bridgehead atoms. The summed E-state index contributed by atoms with van der Waals surface area (Å²) in [4.78, 5) is 19.7. The minimum Gasteiger partial charge on any atom is -0.497 e. The van der Waals surface area contributed by atoms with E-state index in [1.54, 1.807) is 56.8 Å². The van der Waals surface area contributed by atoms with E-state index in [2.05, 4.69) is 4.98 Å². The molecule has 190 valence electrons. The minimum absolute atomic E-state index is 0.167. The number of hydrogen-bond acceptors (Lipinski definition) is 7. The molecule has 0 spiro atoms. The summed E-state index contributed by atoms with van der Waals surface area (Å²) < 4.78 is 27.9. The molecule has 1 amide bonds. The first kappa shape index (κ1) is 25.3. The fourth-order valence-corrected chi connectivity index (χ4v) is 4.13. The van der Waals surface area contributed by atoms with Crippen LogP contribution in [0.15, 0.2) is 60.9 Å². The molecule has 2 heterocycles. The molecule has 0 radical (unpaired) electrons. The van der Waals surface area contributed by atoms with Crippen LogP contribution in [0.1, 0.15) is 27.9 Å². The Balaban J connectivity index is 1.60. The van der Waals surface area contributed by atoms with Crippen LogP contribution in [-0.4, -0.2) is 56.9 Å². The summed E-state index contributed by atoms with van der Waals surface area (Å²) in [5, 5.41) is 0. The smallest absolute Gasteiger partial charge is 0.258 e. The van der Waals surface area contributed by atoms with Crippen molar-refractivity contribution in [1.29, 1.82) is 0 Å². The summed E-state index contributed by atoms with van der Waals surface area (Å²) in [6.07, 6.45) is 4.46. The lowest BCUT2D eigenvalue weighted by atomic mass is 10.1. The van der Waals surface area contributed by atoms with Gasteiger partial charge in [-0.3, -0.25) is 9.78 Å². The second-order valence-electron chi connectivity index (χ2n) is 8.61. The fraction of sp³-hybridized carbons (Fsp3) is 0.357. The molecule has 1 fully saturated rings. The molecule has 1 aliphatic heterocycles. The van der Waals surface area contributed by atoms with Gasteiger partial charge in [0.2, 0.25) is 0 Å². The van der Waals surface area contributed by atoms with E-state index in [1.165, 1.54) is 0 Å². The van der Waals surface area contributed by atoms with E-state index in [1.807, 2.05) is 30.3 Å². The second kappa shape index (κ2) is 12.3. The Hall–Kier alpha value is -3.78. The number of benzene rings is 2. The summed E-state index contributed by atoms with van der Waals surface area (Å²) in [7, 11) is 4.74. The van der Waals surface area contributed by atoms with Crippen molar-refractivity contribution in [1.82, 2.24) is 9.88 Å². The van der Waals surface area contributed by atoms with Crippen LogP contribution in [0.3, 0.4) is 0 Å². The maximum atomic E-state index is 13.8. The molecule has 8 heteroatoms. The quantitative estimate of drug-likeness (QED) is 0.393. The zero-order chi connectivity index (χ0) is 25.3. The highest BCUT2D eigenvalue weighted by Gasteiger charge is 2.22. The number of nitrogens with zero attached hydrogens (tertiary/aromatic N) is 2. The van der Waals surface area contributed by atoms with Crippen molar-refractivity contribution >= 4 is 5.91 Å². The molecule has 0 N–H and O–H groups in total. The maximum absolute atomic E-state index is 13.8. The van der Waals surface area contributed by atoms with Crippen molar-refractivity contribution in [2.45, 2.75) is 19.5 Å². The summed E-state index contributed by atoms with van der Waals surface area (Å²) in [6.45, 7) is 2.77. The van der Waals surface area contributed by atoms with E-state index < -0.39 is 0 Å². The number of hydrogen-bond donors (Lipinski definition) is 0. The standard InChI is InChI=1S/C28H32N2O6/c1-32-23-7-8-24(26(14-23)34-3)28(31)30(17-21-5-4-11-29-15-21)16-20-6-9-25(33-2)27(13-20)36-19-22-10-12-35-18-22/h4-9,11,13-15,22H,10,12,16-19H2,1-3H3/t22-/m0/s1. The molecule has 4 rings (SSSR count). The van der Waals surface area contributed by atoms with Crippen molar-refractivity contribution in [2.75, 3.05) is 41.2 Å². The Kier molecular flexibility index (Phi) is 8.62. The number of ether oxygens (including phenoxy) is 5. The van der Waals surface area contributed by atoms with Crippen LogP contribution in [0.4, 0.5) is 0 Å². The topological polar surface area (TPSA) is 79.4 Å². The molecule has 0 unspecified atom stereocenters. The van der Waals surface area contributed by atoms with Crippen LogP contribution in [0.5, 0.6) is 23.0 Å². The average Bonchev–Trinajstić information content (AvgIpc) is 3.45. The zero-order valence-electron chi connectivity index (χ0n) is 20.9. The highest BCUT2D eigenvalue weighted by atomic mass is 16.5. The third kappa shape index (κ3) is 6.26. The highest BCUT2D eigenvalue weighted by molar-refractivity contribution is 5.97. The van der Waals surface area contributed by atoms with Crippen LogP contribution < -0.4 is 18.9 Å². The summed E-state index contributed by atoms with van der Waals surface area (Å²) in [6, 6.07) is 14.7. The van der Waals surface area contributed by atoms with Crippen LogP contribution in [0.2, 0.25) is 0 Å². The monoisotopic (exact) mass is 492 g/mol. The third-order valence-electron chi connectivity index (χ3n) is 6.12. The molecule has 1 aliphatic rings. The Bertz CT molecular complexity index is 1150. The van der Waals surface area contributed by atoms with Gasteiger partial charge < -0.3 is 28.6 Å². The molecule has 36 heavy (non-hydrogen) atoms. The number of methoxy groups -OCH3 is 3. The minimum atomic E-state index is -0.167. The number of rotatable bonds is 11. The highest BCUT2D eigenvalue weighted by Crippen LogP contribution is 2.31. The molecule has 2 aromatic carbocycles. The lowest BCUT2D eigenvalue weighted by Gasteiger charge is -2.25. The van der Waals surface area contributed by atoms with E-state index in [0.717, 1.165) is 24.2 Å². The predicted molar refractivity (Wildman–Crippen MR) is 135 cm³/mol. The number of aromatic nitrogens is 1. The molecule has 1 saturated heterocycles. The normalized spacial score (nSPS) is 14.8. The largest absolute Gasteiger partial charge is 0.497 e. The Labute approximate surface area is 211 Å². The van der Waals surface area contributed by atoms with E-state index in [4.69, 9.17) is 23.7 Å². The van der Waals surface area contributed by atoms with Crippen LogP contribution in [0, 0.1) is 5.92 Å². The molecule has 0 saturated carbocycles. The van der Waals surface area contributed by atoms with Gasteiger partial charge in [-0.05, 0) is 47.9 Å². The first-order valence-corrected chi connectivity index (χ1v) is 11.9. The van der Waals surface area contributed by atoms with Crippen molar-refractivity contribution in [3.8, 4) is 23.0 Å². The predicted octanol–water partition coefficient (Wildman–Crippen LogP) is 4.37. The van der Waals surface area contributed by atoms with Gasteiger partial charge in [0, 0.05) is 44.1 Å².